The standard InChI is InChI=1S/C15H22ClNO3/c1-3-19-15-13(16)7-11(8-14(15)18-2)9-17-10-12-5-4-6-20-12/h7-8,12,17H,3-6,9-10H2,1-2H3/p+1/t12-/m1/s1. The van der Waals surface area contributed by atoms with Crippen molar-refractivity contribution in [1.29, 1.82) is 0 Å². The van der Waals surface area contributed by atoms with Gasteiger partial charge in [-0.3, -0.25) is 0 Å². The van der Waals surface area contributed by atoms with Gasteiger partial charge in [0.15, 0.2) is 11.5 Å². The van der Waals surface area contributed by atoms with Crippen molar-refractivity contribution in [2.24, 2.45) is 0 Å². The summed E-state index contributed by atoms with van der Waals surface area (Å²) in [6, 6.07) is 3.93. The second-order valence-corrected chi connectivity index (χ2v) is 5.31. The molecule has 1 aliphatic heterocycles. The third kappa shape index (κ3) is 4.01. The van der Waals surface area contributed by atoms with E-state index in [0.29, 0.717) is 29.2 Å². The minimum Gasteiger partial charge on any atom is -0.493 e. The zero-order valence-corrected chi connectivity index (χ0v) is 12.9. The number of nitrogens with two attached hydrogens (primary N) is 1. The lowest BCUT2D eigenvalue weighted by Crippen LogP contribution is -2.84. The van der Waals surface area contributed by atoms with E-state index in [1.165, 1.54) is 12.8 Å². The number of quaternary nitrogens is 1. The Bertz CT molecular complexity index is 433. The second kappa shape index (κ2) is 7.72. The normalized spacial score (nSPS) is 18.2. The molecule has 20 heavy (non-hydrogen) atoms. The highest BCUT2D eigenvalue weighted by molar-refractivity contribution is 6.32. The van der Waals surface area contributed by atoms with E-state index in [9.17, 15) is 0 Å². The van der Waals surface area contributed by atoms with E-state index >= 15 is 0 Å². The molecule has 1 heterocycles. The molecule has 4 nitrogen and oxygen atoms in total. The van der Waals surface area contributed by atoms with Crippen LogP contribution in [0.3, 0.4) is 0 Å². The molecule has 5 heteroatoms. The van der Waals surface area contributed by atoms with Crippen LogP contribution in [0, 0.1) is 0 Å². The third-order valence-electron chi connectivity index (χ3n) is 3.41. The number of ether oxygens (including phenoxy) is 3. The Labute approximate surface area is 125 Å². The molecule has 1 saturated heterocycles. The molecule has 0 bridgehead atoms. The molecule has 2 rings (SSSR count). The van der Waals surface area contributed by atoms with E-state index in [4.69, 9.17) is 25.8 Å². The van der Waals surface area contributed by atoms with E-state index in [2.05, 4.69) is 5.32 Å². The highest BCUT2D eigenvalue weighted by atomic mass is 35.5. The molecule has 1 aliphatic rings. The summed E-state index contributed by atoms with van der Waals surface area (Å²) in [5.41, 5.74) is 1.13. The molecule has 0 saturated carbocycles. The molecule has 1 aromatic carbocycles. The van der Waals surface area contributed by atoms with Gasteiger partial charge in [-0.2, -0.15) is 0 Å². The largest absolute Gasteiger partial charge is 0.493 e. The van der Waals surface area contributed by atoms with Gasteiger partial charge in [-0.1, -0.05) is 11.6 Å². The first kappa shape index (κ1) is 15.4. The van der Waals surface area contributed by atoms with Crippen molar-refractivity contribution < 1.29 is 19.5 Å². The van der Waals surface area contributed by atoms with E-state index in [-0.39, 0.29) is 0 Å². The van der Waals surface area contributed by atoms with E-state index in [1.807, 2.05) is 19.1 Å². The number of hydrogen-bond donors (Lipinski definition) is 1. The zero-order valence-electron chi connectivity index (χ0n) is 12.2. The second-order valence-electron chi connectivity index (χ2n) is 4.91. The minimum atomic E-state index is 0.398. The predicted molar refractivity (Wildman–Crippen MR) is 78.6 cm³/mol. The number of rotatable bonds is 7. The van der Waals surface area contributed by atoms with Crippen LogP contribution in [0.25, 0.3) is 0 Å². The first-order valence-corrected chi connectivity index (χ1v) is 7.54. The van der Waals surface area contributed by atoms with Crippen LogP contribution < -0.4 is 14.8 Å². The molecule has 1 atom stereocenters. The summed E-state index contributed by atoms with van der Waals surface area (Å²) >= 11 is 6.25. The van der Waals surface area contributed by atoms with Crippen LogP contribution >= 0.6 is 11.6 Å². The van der Waals surface area contributed by atoms with Crippen LogP contribution in [0.2, 0.25) is 5.02 Å². The first-order chi connectivity index (χ1) is 9.74. The van der Waals surface area contributed by atoms with Gasteiger partial charge in [0.25, 0.3) is 0 Å². The molecule has 2 N–H and O–H groups in total. The third-order valence-corrected chi connectivity index (χ3v) is 3.69. The van der Waals surface area contributed by atoms with E-state index in [1.54, 1.807) is 7.11 Å². The Morgan fingerprint density at radius 2 is 2.30 bits per heavy atom. The average Bonchev–Trinajstić information content (AvgIpc) is 2.94. The average molecular weight is 301 g/mol. The van der Waals surface area contributed by atoms with Crippen molar-refractivity contribution in [2.45, 2.75) is 32.4 Å². The van der Waals surface area contributed by atoms with E-state index in [0.717, 1.165) is 25.3 Å². The lowest BCUT2D eigenvalue weighted by atomic mass is 10.2. The SMILES string of the molecule is CCOc1c(Cl)cc(C[NH2+]C[C@H]2CCCO2)cc1OC. The van der Waals surface area contributed by atoms with Gasteiger partial charge in [-0.15, -0.1) is 0 Å². The van der Waals surface area contributed by atoms with Crippen LogP contribution in [0.4, 0.5) is 0 Å². The molecule has 112 valence electrons. The molecule has 1 fully saturated rings. The molecular formula is C15H23ClNO3+. The molecular weight excluding hydrogens is 278 g/mol. The van der Waals surface area contributed by atoms with Crippen molar-refractivity contribution in [2.75, 3.05) is 26.9 Å². The minimum absolute atomic E-state index is 0.398. The summed E-state index contributed by atoms with van der Waals surface area (Å²) in [5, 5.41) is 2.85. The van der Waals surface area contributed by atoms with Crippen molar-refractivity contribution in [1.82, 2.24) is 0 Å². The number of hydrogen-bond acceptors (Lipinski definition) is 3. The van der Waals surface area contributed by atoms with Gasteiger partial charge in [-0.25, -0.2) is 0 Å². The molecule has 1 aromatic rings. The number of halogens is 1. The summed E-state index contributed by atoms with van der Waals surface area (Å²) in [4.78, 5) is 0. The number of methoxy groups -OCH3 is 1. The summed E-state index contributed by atoms with van der Waals surface area (Å²) in [6.45, 7) is 5.26. The van der Waals surface area contributed by atoms with Crippen molar-refractivity contribution in [3.05, 3.63) is 22.7 Å². The molecule has 0 aromatic heterocycles. The molecule has 0 radical (unpaired) electrons. The summed E-state index contributed by atoms with van der Waals surface area (Å²) in [6.07, 6.45) is 2.75. The van der Waals surface area contributed by atoms with Crippen LogP contribution in [-0.4, -0.2) is 33.0 Å². The molecule has 0 unspecified atom stereocenters. The van der Waals surface area contributed by atoms with Gasteiger partial charge in [0.1, 0.15) is 19.2 Å². The number of benzene rings is 1. The predicted octanol–water partition coefficient (Wildman–Crippen LogP) is 1.99. The van der Waals surface area contributed by atoms with Crippen LogP contribution in [0.5, 0.6) is 11.5 Å². The quantitative estimate of drug-likeness (QED) is 0.837. The molecule has 0 aliphatic carbocycles. The Morgan fingerprint density at radius 3 is 2.95 bits per heavy atom. The lowest BCUT2D eigenvalue weighted by molar-refractivity contribution is -0.676. The Hall–Kier alpha value is -0.970. The summed E-state index contributed by atoms with van der Waals surface area (Å²) in [5.74, 6) is 1.32. The van der Waals surface area contributed by atoms with Crippen molar-refractivity contribution in [3.63, 3.8) is 0 Å². The van der Waals surface area contributed by atoms with Gasteiger partial charge in [0.2, 0.25) is 0 Å². The highest BCUT2D eigenvalue weighted by Gasteiger charge is 2.17. The van der Waals surface area contributed by atoms with Crippen molar-refractivity contribution >= 4 is 11.6 Å². The Kier molecular flexibility index (Phi) is 5.95. The van der Waals surface area contributed by atoms with Crippen molar-refractivity contribution in [3.8, 4) is 11.5 Å². The summed E-state index contributed by atoms with van der Waals surface area (Å²) in [7, 11) is 1.63. The Morgan fingerprint density at radius 1 is 1.45 bits per heavy atom. The van der Waals surface area contributed by atoms with E-state index < -0.39 is 0 Å². The molecule has 0 spiro atoms. The molecule has 0 amide bonds. The lowest BCUT2D eigenvalue weighted by Gasteiger charge is -2.13. The smallest absolute Gasteiger partial charge is 0.179 e. The van der Waals surface area contributed by atoms with Crippen LogP contribution in [-0.2, 0) is 11.3 Å². The van der Waals surface area contributed by atoms with Gasteiger partial charge in [0, 0.05) is 12.2 Å². The van der Waals surface area contributed by atoms with Gasteiger partial charge >= 0.3 is 0 Å². The fraction of sp³-hybridized carbons (Fsp3) is 0.600. The first-order valence-electron chi connectivity index (χ1n) is 7.17. The summed E-state index contributed by atoms with van der Waals surface area (Å²) < 4.78 is 16.5. The Balaban J connectivity index is 1.95. The monoisotopic (exact) mass is 300 g/mol. The maximum atomic E-state index is 6.25. The maximum Gasteiger partial charge on any atom is 0.179 e. The van der Waals surface area contributed by atoms with Gasteiger partial charge in [0.05, 0.1) is 18.7 Å². The van der Waals surface area contributed by atoms with Gasteiger partial charge < -0.3 is 19.5 Å². The van der Waals surface area contributed by atoms with Gasteiger partial charge in [-0.05, 0) is 31.9 Å². The maximum absolute atomic E-state index is 6.25. The van der Waals surface area contributed by atoms with Crippen LogP contribution in [0.1, 0.15) is 25.3 Å². The zero-order chi connectivity index (χ0) is 14.4. The fourth-order valence-electron chi connectivity index (χ4n) is 2.44. The van der Waals surface area contributed by atoms with Crippen LogP contribution in [0.15, 0.2) is 12.1 Å². The fourth-order valence-corrected chi connectivity index (χ4v) is 2.73. The topological polar surface area (TPSA) is 44.3 Å². The highest BCUT2D eigenvalue weighted by Crippen LogP contribution is 2.36.